The largest absolute Gasteiger partial charge is 0.389 e. The van der Waals surface area contributed by atoms with Crippen LogP contribution in [0.3, 0.4) is 0 Å². The molecule has 4 aliphatic carbocycles. The summed E-state index contributed by atoms with van der Waals surface area (Å²) in [4.78, 5) is 33.3. The fraction of sp³-hybridized carbons (Fsp3) is 0.600. The van der Waals surface area contributed by atoms with Crippen LogP contribution in [-0.2, 0) is 11.3 Å². The number of benzene rings is 1. The molecule has 10 nitrogen and oxygen atoms in total. The summed E-state index contributed by atoms with van der Waals surface area (Å²) in [7, 11) is 0. The minimum absolute atomic E-state index is 0.0174. The van der Waals surface area contributed by atoms with E-state index in [9.17, 15) is 36.8 Å². The molecule has 0 saturated heterocycles. The van der Waals surface area contributed by atoms with Gasteiger partial charge in [-0.3, -0.25) is 14.3 Å². The van der Waals surface area contributed by atoms with E-state index in [0.29, 0.717) is 29.0 Å². The second-order valence-corrected chi connectivity index (χ2v) is 13.2. The molecule has 2 atom stereocenters. The van der Waals surface area contributed by atoms with Gasteiger partial charge in [0.2, 0.25) is 11.8 Å². The molecule has 0 aliphatic heterocycles. The summed E-state index contributed by atoms with van der Waals surface area (Å²) in [5.41, 5.74) is 1.59. The van der Waals surface area contributed by atoms with E-state index in [2.05, 4.69) is 37.0 Å². The molecular weight excluding hydrogens is 599 g/mol. The van der Waals surface area contributed by atoms with Crippen molar-refractivity contribution in [2.75, 3.05) is 0 Å². The molecule has 3 N–H and O–H groups in total. The smallest absolute Gasteiger partial charge is 0.350 e. The van der Waals surface area contributed by atoms with E-state index in [1.165, 1.54) is 0 Å². The number of imidazole rings is 1. The Balaban J connectivity index is 1.17. The van der Waals surface area contributed by atoms with Gasteiger partial charge in [0.15, 0.2) is 5.69 Å². The first-order valence-electron chi connectivity index (χ1n) is 15.0. The van der Waals surface area contributed by atoms with Crippen molar-refractivity contribution in [2.45, 2.75) is 95.4 Å². The zero-order valence-corrected chi connectivity index (χ0v) is 24.6. The Labute approximate surface area is 255 Å². The molecule has 0 radical (unpaired) electrons. The standard InChI is InChI=1S/C30H33F5N8O2/c1-17(37-23(44)6-9-30(33,34)35)19-2-3-20-21(10-19)39-25(38-20)24(18-4-7-29(31,32)8-5-18)40-26(45)22-11-43(42-41-22)16-28-12-27(13-28,14-28)15-36/h2-3,10-11,17-18,24H,4-9,12-14,16H2,1H3,(H,37,44)(H,38,39)(H,40,45)/t17-,24+,27?,28?/m1/s1. The van der Waals surface area contributed by atoms with E-state index in [1.807, 2.05) is 0 Å². The van der Waals surface area contributed by atoms with Crippen molar-refractivity contribution in [1.82, 2.24) is 35.6 Å². The number of nitrogens with zero attached hydrogens (tertiary/aromatic N) is 5. The zero-order chi connectivity index (χ0) is 32.2. The molecule has 2 aromatic heterocycles. The highest BCUT2D eigenvalue weighted by Gasteiger charge is 2.68. The first-order chi connectivity index (χ1) is 21.2. The molecule has 3 aromatic rings. The Kier molecular flexibility index (Phi) is 7.60. The average Bonchev–Trinajstić information content (AvgIpc) is 3.58. The fourth-order valence-electron chi connectivity index (χ4n) is 7.24. The normalized spacial score (nSPS) is 25.4. The van der Waals surface area contributed by atoms with E-state index in [1.54, 1.807) is 36.0 Å². The Hall–Kier alpha value is -4.09. The van der Waals surface area contributed by atoms with Crippen LogP contribution in [0.4, 0.5) is 22.0 Å². The molecule has 240 valence electrons. The van der Waals surface area contributed by atoms with Crippen LogP contribution in [0.5, 0.6) is 0 Å². The number of rotatable bonds is 10. The quantitative estimate of drug-likeness (QED) is 0.246. The molecular formula is C30H33F5N8O2. The third kappa shape index (κ3) is 6.50. The summed E-state index contributed by atoms with van der Waals surface area (Å²) in [6, 6.07) is 6.14. The van der Waals surface area contributed by atoms with Crippen LogP contribution in [-0.4, -0.2) is 48.9 Å². The van der Waals surface area contributed by atoms with Gasteiger partial charge in [0.25, 0.3) is 5.91 Å². The van der Waals surface area contributed by atoms with E-state index in [0.717, 1.165) is 19.3 Å². The number of halogens is 5. The first-order valence-corrected chi connectivity index (χ1v) is 15.0. The van der Waals surface area contributed by atoms with Gasteiger partial charge in [-0.15, -0.1) is 5.10 Å². The number of amides is 2. The highest BCUT2D eigenvalue weighted by Crippen LogP contribution is 2.73. The predicted octanol–water partition coefficient (Wildman–Crippen LogP) is 5.66. The van der Waals surface area contributed by atoms with Crippen LogP contribution in [0.2, 0.25) is 0 Å². The van der Waals surface area contributed by atoms with Crippen LogP contribution in [0, 0.1) is 28.1 Å². The summed E-state index contributed by atoms with van der Waals surface area (Å²) < 4.78 is 67.2. The highest BCUT2D eigenvalue weighted by molar-refractivity contribution is 5.92. The van der Waals surface area contributed by atoms with Crippen LogP contribution >= 0.6 is 0 Å². The molecule has 4 aliphatic rings. The fourth-order valence-corrected chi connectivity index (χ4v) is 7.24. The maximum Gasteiger partial charge on any atom is 0.389 e. The Morgan fingerprint density at radius 1 is 1.18 bits per heavy atom. The number of fused-ring (bicyclic) bond motifs is 1. The van der Waals surface area contributed by atoms with Crippen molar-refractivity contribution in [3.8, 4) is 6.07 Å². The number of carbonyl (C=O) groups is 2. The topological polar surface area (TPSA) is 141 Å². The number of hydrogen-bond donors (Lipinski definition) is 3. The van der Waals surface area contributed by atoms with E-state index in [-0.39, 0.29) is 48.1 Å². The van der Waals surface area contributed by atoms with Crippen molar-refractivity contribution < 1.29 is 31.5 Å². The van der Waals surface area contributed by atoms with E-state index >= 15 is 0 Å². The number of nitriles is 1. The van der Waals surface area contributed by atoms with E-state index < -0.39 is 48.8 Å². The van der Waals surface area contributed by atoms with Gasteiger partial charge in [-0.25, -0.2) is 13.8 Å². The number of hydrogen-bond acceptors (Lipinski definition) is 6. The van der Waals surface area contributed by atoms with Gasteiger partial charge < -0.3 is 15.6 Å². The molecule has 2 heterocycles. The first kappa shape index (κ1) is 30.9. The molecule has 2 amide bonds. The molecule has 4 fully saturated rings. The van der Waals surface area contributed by atoms with Crippen LogP contribution < -0.4 is 10.6 Å². The minimum Gasteiger partial charge on any atom is -0.350 e. The number of aromatic amines is 1. The van der Waals surface area contributed by atoms with Crippen molar-refractivity contribution in [1.29, 1.82) is 5.26 Å². The predicted molar refractivity (Wildman–Crippen MR) is 149 cm³/mol. The van der Waals surface area contributed by atoms with Gasteiger partial charge in [0.1, 0.15) is 5.82 Å². The third-order valence-corrected chi connectivity index (χ3v) is 9.50. The number of carbonyl (C=O) groups excluding carboxylic acids is 2. The van der Waals surface area contributed by atoms with Gasteiger partial charge in [0, 0.05) is 25.8 Å². The average molecular weight is 633 g/mol. The van der Waals surface area contributed by atoms with Crippen molar-refractivity contribution in [2.24, 2.45) is 16.7 Å². The second-order valence-electron chi connectivity index (χ2n) is 13.2. The SMILES string of the molecule is C[C@@H](NC(=O)CCC(F)(F)F)c1ccc2[nH]c([C@@H](NC(=O)c3cn(CC45CC(C#N)(C4)C5)nn3)C3CCC(F)(F)CC3)nc2c1. The lowest BCUT2D eigenvalue weighted by atomic mass is 9.36. The van der Waals surface area contributed by atoms with Gasteiger partial charge in [-0.05, 0) is 68.1 Å². The molecule has 15 heteroatoms. The molecule has 7 rings (SSSR count). The number of nitrogens with one attached hydrogen (secondary N) is 3. The summed E-state index contributed by atoms with van der Waals surface area (Å²) in [6.07, 6.45) is -2.65. The number of alkyl halides is 5. The van der Waals surface area contributed by atoms with Crippen molar-refractivity contribution in [3.63, 3.8) is 0 Å². The molecule has 0 spiro atoms. The summed E-state index contributed by atoms with van der Waals surface area (Å²) in [5.74, 6) is -3.99. The van der Waals surface area contributed by atoms with Gasteiger partial charge >= 0.3 is 6.18 Å². The lowest BCUT2D eigenvalue weighted by Crippen LogP contribution is -2.62. The summed E-state index contributed by atoms with van der Waals surface area (Å²) in [6.45, 7) is 2.21. The summed E-state index contributed by atoms with van der Waals surface area (Å²) in [5, 5.41) is 22.9. The summed E-state index contributed by atoms with van der Waals surface area (Å²) >= 11 is 0. The molecule has 4 saturated carbocycles. The highest BCUT2D eigenvalue weighted by atomic mass is 19.4. The van der Waals surface area contributed by atoms with E-state index in [4.69, 9.17) is 0 Å². The van der Waals surface area contributed by atoms with Crippen molar-refractivity contribution >= 4 is 22.8 Å². The third-order valence-electron chi connectivity index (χ3n) is 9.50. The van der Waals surface area contributed by atoms with Gasteiger partial charge in [0.05, 0.1) is 47.2 Å². The number of H-pyrrole nitrogens is 1. The Morgan fingerprint density at radius 2 is 1.89 bits per heavy atom. The lowest BCUT2D eigenvalue weighted by Gasteiger charge is -2.67. The Bertz CT molecular complexity index is 1630. The minimum atomic E-state index is -4.43. The Morgan fingerprint density at radius 3 is 2.56 bits per heavy atom. The van der Waals surface area contributed by atoms with Gasteiger partial charge in [-0.2, -0.15) is 18.4 Å². The molecule has 0 unspecified atom stereocenters. The second kappa shape index (κ2) is 11.1. The van der Waals surface area contributed by atoms with Crippen LogP contribution in [0.15, 0.2) is 24.4 Å². The molecule has 1 aromatic carbocycles. The molecule has 2 bridgehead atoms. The maximum atomic E-state index is 14.0. The zero-order valence-electron chi connectivity index (χ0n) is 24.6. The van der Waals surface area contributed by atoms with Crippen LogP contribution in [0.25, 0.3) is 11.0 Å². The maximum absolute atomic E-state index is 14.0. The monoisotopic (exact) mass is 632 g/mol. The molecule has 45 heavy (non-hydrogen) atoms. The number of aromatic nitrogens is 5. The van der Waals surface area contributed by atoms with Gasteiger partial charge in [-0.1, -0.05) is 11.3 Å². The van der Waals surface area contributed by atoms with Crippen molar-refractivity contribution in [3.05, 3.63) is 41.5 Å². The van der Waals surface area contributed by atoms with Crippen LogP contribution in [0.1, 0.15) is 98.7 Å². The lowest BCUT2D eigenvalue weighted by molar-refractivity contribution is -0.174.